The zero-order valence-corrected chi connectivity index (χ0v) is 13.9. The largest absolute Gasteiger partial charge is 0.319 e. The highest BCUT2D eigenvalue weighted by Crippen LogP contribution is 2.28. The van der Waals surface area contributed by atoms with Gasteiger partial charge in [0.05, 0.1) is 0 Å². The van der Waals surface area contributed by atoms with Crippen molar-refractivity contribution < 1.29 is 4.79 Å². The maximum Gasteiger partial charge on any atom is 0.168 e. The number of nitrogens with zero attached hydrogens (tertiary/aromatic N) is 3. The van der Waals surface area contributed by atoms with E-state index in [9.17, 15) is 4.79 Å². The number of aldehydes is 1. The third-order valence-corrected chi connectivity index (χ3v) is 4.36. The van der Waals surface area contributed by atoms with Gasteiger partial charge in [-0.05, 0) is 26.2 Å². The molecule has 0 saturated heterocycles. The number of imidazole rings is 1. The zero-order valence-electron chi connectivity index (χ0n) is 12.3. The molecular weight excluding hydrogens is 306 g/mol. The Kier molecular flexibility index (Phi) is 5.45. The Bertz CT molecular complexity index is 623. The van der Waals surface area contributed by atoms with Crippen LogP contribution in [0.15, 0.2) is 29.4 Å². The molecule has 0 saturated carbocycles. The second-order valence-corrected chi connectivity index (χ2v) is 6.46. The summed E-state index contributed by atoms with van der Waals surface area (Å²) in [5.41, 5.74) is 2.19. The van der Waals surface area contributed by atoms with Crippen molar-refractivity contribution in [3.05, 3.63) is 35.0 Å². The Morgan fingerprint density at radius 1 is 1.33 bits per heavy atom. The summed E-state index contributed by atoms with van der Waals surface area (Å²) in [5, 5.41) is 1.52. The van der Waals surface area contributed by atoms with E-state index in [-0.39, 0.29) is 0 Å². The molecule has 0 spiro atoms. The predicted molar refractivity (Wildman–Crippen MR) is 88.3 cm³/mol. The number of rotatable bonds is 6. The molecule has 4 nitrogen and oxygen atoms in total. The van der Waals surface area contributed by atoms with Gasteiger partial charge < -0.3 is 9.47 Å². The lowest BCUT2D eigenvalue weighted by atomic mass is 10.1. The van der Waals surface area contributed by atoms with Crippen LogP contribution in [-0.2, 0) is 7.05 Å². The van der Waals surface area contributed by atoms with Crippen LogP contribution in [0, 0.1) is 0 Å². The smallest absolute Gasteiger partial charge is 0.168 e. The first kappa shape index (κ1) is 16.1. The molecule has 1 aromatic carbocycles. The summed E-state index contributed by atoms with van der Waals surface area (Å²) < 4.78 is 1.84. The third-order valence-electron chi connectivity index (χ3n) is 3.10. The van der Waals surface area contributed by atoms with Gasteiger partial charge in [0, 0.05) is 29.9 Å². The number of hydrogen-bond donors (Lipinski definition) is 0. The highest BCUT2D eigenvalue weighted by atomic mass is 35.5. The molecule has 1 aromatic heterocycles. The minimum absolute atomic E-state index is 0.588. The zero-order chi connectivity index (χ0) is 15.4. The SMILES string of the molecule is CN(C)CCSc1nc(-c2ccc(Cl)cc2)c(C=O)n1C. The van der Waals surface area contributed by atoms with E-state index in [4.69, 9.17) is 11.6 Å². The summed E-state index contributed by atoms with van der Waals surface area (Å²) in [4.78, 5) is 18.1. The van der Waals surface area contributed by atoms with Gasteiger partial charge in [0.2, 0.25) is 0 Å². The minimum Gasteiger partial charge on any atom is -0.319 e. The molecule has 1 heterocycles. The van der Waals surface area contributed by atoms with Crippen molar-refractivity contribution >= 4 is 29.6 Å². The van der Waals surface area contributed by atoms with Gasteiger partial charge in [-0.2, -0.15) is 0 Å². The third kappa shape index (κ3) is 3.87. The van der Waals surface area contributed by atoms with E-state index >= 15 is 0 Å². The van der Waals surface area contributed by atoms with Gasteiger partial charge in [0.1, 0.15) is 11.4 Å². The summed E-state index contributed by atoms with van der Waals surface area (Å²) in [6.45, 7) is 0.963. The van der Waals surface area contributed by atoms with Crippen LogP contribution in [0.25, 0.3) is 11.3 Å². The highest BCUT2D eigenvalue weighted by molar-refractivity contribution is 7.99. The number of thioether (sulfide) groups is 1. The summed E-state index contributed by atoms with van der Waals surface area (Å²) in [7, 11) is 5.94. The van der Waals surface area contributed by atoms with Crippen molar-refractivity contribution in [3.63, 3.8) is 0 Å². The first-order valence-electron chi connectivity index (χ1n) is 6.58. The molecule has 0 atom stereocenters. The Labute approximate surface area is 134 Å². The van der Waals surface area contributed by atoms with Crippen LogP contribution < -0.4 is 0 Å². The fraction of sp³-hybridized carbons (Fsp3) is 0.333. The molecular formula is C15H18ClN3OS. The number of hydrogen-bond acceptors (Lipinski definition) is 4. The Morgan fingerprint density at radius 2 is 2.00 bits per heavy atom. The highest BCUT2D eigenvalue weighted by Gasteiger charge is 2.16. The van der Waals surface area contributed by atoms with E-state index in [1.807, 2.05) is 37.8 Å². The normalized spacial score (nSPS) is 11.1. The van der Waals surface area contributed by atoms with Crippen LogP contribution >= 0.6 is 23.4 Å². The van der Waals surface area contributed by atoms with Gasteiger partial charge in [-0.15, -0.1) is 0 Å². The second-order valence-electron chi connectivity index (χ2n) is 4.96. The summed E-state index contributed by atoms with van der Waals surface area (Å²) in [6, 6.07) is 7.37. The van der Waals surface area contributed by atoms with Gasteiger partial charge in [-0.25, -0.2) is 4.98 Å². The molecule has 2 rings (SSSR count). The van der Waals surface area contributed by atoms with E-state index in [1.54, 1.807) is 23.9 Å². The Balaban J connectivity index is 2.29. The molecule has 0 aliphatic rings. The molecule has 0 unspecified atom stereocenters. The maximum absolute atomic E-state index is 11.4. The van der Waals surface area contributed by atoms with Crippen molar-refractivity contribution in [2.45, 2.75) is 5.16 Å². The summed E-state index contributed by atoms with van der Waals surface area (Å²) in [5.74, 6) is 0.927. The number of halogens is 1. The van der Waals surface area contributed by atoms with E-state index in [0.717, 1.165) is 29.3 Å². The van der Waals surface area contributed by atoms with Gasteiger partial charge in [-0.1, -0.05) is 35.5 Å². The van der Waals surface area contributed by atoms with Crippen molar-refractivity contribution in [1.29, 1.82) is 0 Å². The van der Waals surface area contributed by atoms with Crippen molar-refractivity contribution in [2.24, 2.45) is 7.05 Å². The van der Waals surface area contributed by atoms with Crippen LogP contribution in [0.5, 0.6) is 0 Å². The molecule has 112 valence electrons. The molecule has 0 aliphatic heterocycles. The van der Waals surface area contributed by atoms with Crippen LogP contribution in [0.4, 0.5) is 0 Å². The number of carbonyl (C=O) groups is 1. The Morgan fingerprint density at radius 3 is 2.57 bits per heavy atom. The number of carbonyl (C=O) groups excluding carboxylic acids is 1. The molecule has 0 amide bonds. The van der Waals surface area contributed by atoms with E-state index < -0.39 is 0 Å². The van der Waals surface area contributed by atoms with Crippen LogP contribution in [0.1, 0.15) is 10.5 Å². The van der Waals surface area contributed by atoms with Gasteiger partial charge in [0.15, 0.2) is 11.4 Å². The average Bonchev–Trinajstić information content (AvgIpc) is 2.76. The fourth-order valence-corrected chi connectivity index (χ4v) is 3.11. The van der Waals surface area contributed by atoms with Crippen molar-refractivity contribution in [1.82, 2.24) is 14.5 Å². The molecule has 0 radical (unpaired) electrons. The van der Waals surface area contributed by atoms with Gasteiger partial charge in [-0.3, -0.25) is 4.79 Å². The molecule has 2 aromatic rings. The van der Waals surface area contributed by atoms with Gasteiger partial charge >= 0.3 is 0 Å². The van der Waals surface area contributed by atoms with E-state index in [1.165, 1.54) is 0 Å². The van der Waals surface area contributed by atoms with Gasteiger partial charge in [0.25, 0.3) is 0 Å². The summed E-state index contributed by atoms with van der Waals surface area (Å²) >= 11 is 7.55. The monoisotopic (exact) mass is 323 g/mol. The lowest BCUT2D eigenvalue weighted by Gasteiger charge is -2.08. The van der Waals surface area contributed by atoms with Crippen molar-refractivity contribution in [3.8, 4) is 11.3 Å². The summed E-state index contributed by atoms with van der Waals surface area (Å²) in [6.07, 6.45) is 0.854. The lowest BCUT2D eigenvalue weighted by molar-refractivity contribution is 0.111. The standard InChI is InChI=1S/C15H18ClN3OS/c1-18(2)8-9-21-15-17-14(13(10-20)19(15)3)11-4-6-12(16)7-5-11/h4-7,10H,8-9H2,1-3H3. The first-order chi connectivity index (χ1) is 10.0. The van der Waals surface area contributed by atoms with Crippen LogP contribution in [0.3, 0.4) is 0 Å². The number of benzene rings is 1. The molecule has 0 bridgehead atoms. The quantitative estimate of drug-likeness (QED) is 0.604. The topological polar surface area (TPSA) is 38.1 Å². The number of aromatic nitrogens is 2. The Hall–Kier alpha value is -1.30. The van der Waals surface area contributed by atoms with Crippen LogP contribution in [0.2, 0.25) is 5.02 Å². The maximum atomic E-state index is 11.4. The molecule has 0 fully saturated rings. The minimum atomic E-state index is 0.588. The van der Waals surface area contributed by atoms with E-state index in [0.29, 0.717) is 16.4 Å². The molecule has 21 heavy (non-hydrogen) atoms. The predicted octanol–water partition coefficient (Wildman–Crippen LogP) is 3.21. The van der Waals surface area contributed by atoms with Crippen molar-refractivity contribution in [2.75, 3.05) is 26.4 Å². The van der Waals surface area contributed by atoms with Crippen LogP contribution in [-0.4, -0.2) is 47.1 Å². The fourth-order valence-electron chi connectivity index (χ4n) is 1.89. The average molecular weight is 324 g/mol. The first-order valence-corrected chi connectivity index (χ1v) is 7.94. The molecule has 6 heteroatoms. The molecule has 0 N–H and O–H groups in total. The second kappa shape index (κ2) is 7.11. The van der Waals surface area contributed by atoms with E-state index in [2.05, 4.69) is 9.88 Å². The molecule has 0 aliphatic carbocycles. The lowest BCUT2D eigenvalue weighted by Crippen LogP contribution is -2.15.